The predicted octanol–water partition coefficient (Wildman–Crippen LogP) is 24.8. The number of aliphatic hydroxyl groups excluding tert-OH is 1. The quantitative estimate of drug-likeness (QED) is 0.0169. The van der Waals surface area contributed by atoms with Gasteiger partial charge in [0, 0.05) is 25.7 Å². The first-order valence-corrected chi connectivity index (χ1v) is 44.7. The molecule has 0 saturated heterocycles. The minimum atomic E-state index is -5.02. The molecule has 0 heterocycles. The zero-order valence-corrected chi connectivity index (χ0v) is 69.3. The van der Waals surface area contributed by atoms with Gasteiger partial charge in [0.2, 0.25) is 0 Å². The Labute approximate surface area is 655 Å². The van der Waals surface area contributed by atoms with Crippen LogP contribution < -0.4 is 0 Å². The van der Waals surface area contributed by atoms with Crippen LogP contribution in [-0.4, -0.2) is 96.7 Å². The van der Waals surface area contributed by atoms with Crippen LogP contribution in [0.5, 0.6) is 0 Å². The van der Waals surface area contributed by atoms with Gasteiger partial charge in [-0.15, -0.1) is 0 Å². The Kier molecular flexibility index (Phi) is 75.8. The van der Waals surface area contributed by atoms with Crippen molar-refractivity contribution in [2.24, 2.45) is 0 Å². The van der Waals surface area contributed by atoms with E-state index in [1.807, 2.05) is 36.5 Å². The molecule has 0 aliphatic carbocycles. The van der Waals surface area contributed by atoms with Crippen LogP contribution in [0.2, 0.25) is 0 Å². The number of allylic oxidation sites excluding steroid dienone is 26. The first-order chi connectivity index (χ1) is 52.7. The van der Waals surface area contributed by atoms with Crippen molar-refractivity contribution in [1.82, 2.24) is 0 Å². The van der Waals surface area contributed by atoms with E-state index >= 15 is 0 Å². The van der Waals surface area contributed by atoms with E-state index in [0.717, 1.165) is 122 Å². The normalized spacial score (nSPS) is 14.6. The van der Waals surface area contributed by atoms with Gasteiger partial charge in [-0.25, -0.2) is 9.13 Å². The van der Waals surface area contributed by atoms with Crippen molar-refractivity contribution >= 4 is 39.5 Å². The van der Waals surface area contributed by atoms with Gasteiger partial charge in [0.15, 0.2) is 12.2 Å². The first-order valence-electron chi connectivity index (χ1n) is 41.7. The van der Waals surface area contributed by atoms with Gasteiger partial charge in [-0.3, -0.25) is 37.3 Å². The molecule has 17 nitrogen and oxygen atoms in total. The molecule has 0 aromatic carbocycles. The molecule has 616 valence electrons. The molecule has 0 fully saturated rings. The van der Waals surface area contributed by atoms with Crippen molar-refractivity contribution < 1.29 is 80.2 Å². The number of aliphatic hydroxyl groups is 1. The highest BCUT2D eigenvalue weighted by molar-refractivity contribution is 7.47. The monoisotopic (exact) mass is 1550 g/mol. The summed E-state index contributed by atoms with van der Waals surface area (Å²) in [5, 5.41) is 10.7. The molecule has 5 atom stereocenters. The molecule has 19 heteroatoms. The SMILES string of the molecule is CC/C=C\C/C=C\C/C=C\C/C=C\C/C=C\C/C=C\CCC(=O)OC[C@H](COP(=O)(O)OC[C@@H](O)COP(=O)(O)OC[C@@H](COC(=O)CCCCCCCCCCCCCCCCC)OC(=O)CCCCCCC/C=C\CCCCCCCC)OC(=O)CC/C=C\C/C=C\C/C=C\C/C=C\C/C=C\C/C=C\CC. The third-order valence-corrected chi connectivity index (χ3v) is 18.9. The van der Waals surface area contributed by atoms with Crippen LogP contribution in [0.3, 0.4) is 0 Å². The van der Waals surface area contributed by atoms with Gasteiger partial charge in [0.05, 0.1) is 26.4 Å². The number of esters is 4. The Morgan fingerprint density at radius 2 is 0.500 bits per heavy atom. The number of phosphoric acid groups is 2. The van der Waals surface area contributed by atoms with Crippen LogP contribution in [0, 0.1) is 0 Å². The third-order valence-electron chi connectivity index (χ3n) is 17.0. The summed E-state index contributed by atoms with van der Waals surface area (Å²) in [7, 11) is -10.0. The fourth-order valence-electron chi connectivity index (χ4n) is 10.7. The molecule has 2 unspecified atom stereocenters. The molecule has 0 radical (unpaired) electrons. The lowest BCUT2D eigenvalue weighted by molar-refractivity contribution is -0.161. The van der Waals surface area contributed by atoms with Crippen molar-refractivity contribution in [3.05, 3.63) is 158 Å². The second-order valence-corrected chi connectivity index (χ2v) is 30.2. The van der Waals surface area contributed by atoms with Crippen molar-refractivity contribution in [2.45, 2.75) is 341 Å². The smallest absolute Gasteiger partial charge is 0.462 e. The fraction of sp³-hybridized carbons (Fsp3) is 0.663. The summed E-state index contributed by atoms with van der Waals surface area (Å²) >= 11 is 0. The number of carbonyl (C=O) groups is 4. The summed E-state index contributed by atoms with van der Waals surface area (Å²) < 4.78 is 68.6. The number of unbranched alkanes of at least 4 members (excludes halogenated alkanes) is 25. The van der Waals surface area contributed by atoms with Crippen molar-refractivity contribution in [3.8, 4) is 0 Å². The summed E-state index contributed by atoms with van der Waals surface area (Å²) in [5.41, 5.74) is 0. The van der Waals surface area contributed by atoms with E-state index in [1.165, 1.54) is 109 Å². The third kappa shape index (κ3) is 78.8. The summed E-state index contributed by atoms with van der Waals surface area (Å²) in [6.45, 7) is 4.49. The Balaban J connectivity index is 5.52. The minimum absolute atomic E-state index is 0.0150. The molecule has 0 aromatic rings. The highest BCUT2D eigenvalue weighted by Gasteiger charge is 2.30. The van der Waals surface area contributed by atoms with Crippen LogP contribution in [0.1, 0.15) is 323 Å². The lowest BCUT2D eigenvalue weighted by Crippen LogP contribution is -2.30. The van der Waals surface area contributed by atoms with Gasteiger partial charge in [0.1, 0.15) is 19.3 Å². The highest BCUT2D eigenvalue weighted by atomic mass is 31.2. The fourth-order valence-corrected chi connectivity index (χ4v) is 12.3. The molecule has 0 aromatic heterocycles. The largest absolute Gasteiger partial charge is 0.472 e. The van der Waals surface area contributed by atoms with Crippen LogP contribution in [-0.2, 0) is 65.4 Å². The van der Waals surface area contributed by atoms with Gasteiger partial charge in [-0.2, -0.15) is 0 Å². The molecular weight excluding hydrogens is 1400 g/mol. The van der Waals surface area contributed by atoms with Gasteiger partial charge >= 0.3 is 39.5 Å². The van der Waals surface area contributed by atoms with E-state index in [-0.39, 0.29) is 25.7 Å². The molecule has 3 N–H and O–H groups in total. The van der Waals surface area contributed by atoms with Crippen LogP contribution in [0.15, 0.2) is 158 Å². The number of phosphoric ester groups is 2. The van der Waals surface area contributed by atoms with E-state index in [0.29, 0.717) is 38.5 Å². The lowest BCUT2D eigenvalue weighted by atomic mass is 10.0. The van der Waals surface area contributed by atoms with Crippen molar-refractivity contribution in [3.63, 3.8) is 0 Å². The van der Waals surface area contributed by atoms with Crippen LogP contribution in [0.4, 0.5) is 0 Å². The second kappa shape index (κ2) is 79.8. The zero-order chi connectivity index (χ0) is 78.9. The van der Waals surface area contributed by atoms with Gasteiger partial charge in [-0.1, -0.05) is 327 Å². The summed E-state index contributed by atoms with van der Waals surface area (Å²) in [6, 6.07) is 0. The molecule has 0 spiro atoms. The summed E-state index contributed by atoms with van der Waals surface area (Å²) in [6.07, 6.45) is 93.9. The maximum absolute atomic E-state index is 13.1. The van der Waals surface area contributed by atoms with E-state index in [4.69, 9.17) is 37.0 Å². The molecule has 108 heavy (non-hydrogen) atoms. The Hall–Kier alpha value is -5.32. The number of ether oxygens (including phenoxy) is 4. The van der Waals surface area contributed by atoms with E-state index in [1.54, 1.807) is 0 Å². The Morgan fingerprint density at radius 1 is 0.269 bits per heavy atom. The summed E-state index contributed by atoms with van der Waals surface area (Å²) in [4.78, 5) is 73.1. The van der Waals surface area contributed by atoms with Gasteiger partial charge in [-0.05, 0) is 128 Å². The Morgan fingerprint density at radius 3 is 0.815 bits per heavy atom. The van der Waals surface area contributed by atoms with Crippen molar-refractivity contribution in [1.29, 1.82) is 0 Å². The predicted molar refractivity (Wildman–Crippen MR) is 445 cm³/mol. The Bertz CT molecular complexity index is 2660. The molecule has 0 rings (SSSR count). The number of carbonyl (C=O) groups excluding carboxylic acids is 4. The van der Waals surface area contributed by atoms with Gasteiger partial charge < -0.3 is 33.8 Å². The minimum Gasteiger partial charge on any atom is -0.462 e. The molecule has 0 aliphatic heterocycles. The molecule has 0 saturated carbocycles. The summed E-state index contributed by atoms with van der Waals surface area (Å²) in [5.74, 6) is -2.38. The lowest BCUT2D eigenvalue weighted by Gasteiger charge is -2.21. The second-order valence-electron chi connectivity index (χ2n) is 27.3. The maximum Gasteiger partial charge on any atom is 0.472 e. The molecular formula is C89H148O17P2. The standard InChI is InChI=1S/C89H148O17P2/c1-5-9-13-17-21-25-29-33-37-39-41-43-47-50-54-58-62-66-70-74-87(92)100-80-85(106-89(94)76-72-68-64-60-56-52-48-44-42-40-38-34-30-26-22-18-14-10-6-2)82-104-108(97,98)102-78-83(90)77-101-107(95,96)103-81-84(105-88(93)75-71-67-63-59-55-51-46-36-32-28-24-20-16-12-8-4)79-99-86(91)73-69-65-61-57-53-49-45-35-31-27-23-19-15-11-7-3/h9-10,13-14,21-22,25-26,33-34,36-38,41-44,46,50,52,54,56,62,64,66,68,83-85,90H,5-8,11-12,15-20,23-24,27-32,35,39-40,45,47-49,51,53,55,57-61,63,65,67,69-82H2,1-4H3,(H,95,96)(H,97,98)/b13-9-,14-10-,25-21-,26-22-,37-33-,38-34-,43-41-,44-42-,46-36-,54-50-,56-52-,66-62-,68-64-/t83-,84+,85+/m0/s1. The van der Waals surface area contributed by atoms with E-state index < -0.39 is 97.5 Å². The maximum atomic E-state index is 13.1. The number of hydrogen-bond acceptors (Lipinski definition) is 15. The van der Waals surface area contributed by atoms with E-state index in [2.05, 4.69) is 149 Å². The first kappa shape index (κ1) is 103. The van der Waals surface area contributed by atoms with Crippen molar-refractivity contribution in [2.75, 3.05) is 39.6 Å². The molecule has 0 bridgehead atoms. The van der Waals surface area contributed by atoms with Crippen LogP contribution in [0.25, 0.3) is 0 Å². The zero-order valence-electron chi connectivity index (χ0n) is 67.5. The molecule has 0 aliphatic rings. The topological polar surface area (TPSA) is 237 Å². The average molecular weight is 1550 g/mol. The van der Waals surface area contributed by atoms with Gasteiger partial charge in [0.25, 0.3) is 0 Å². The van der Waals surface area contributed by atoms with E-state index in [9.17, 15) is 43.2 Å². The highest BCUT2D eigenvalue weighted by Crippen LogP contribution is 2.45. The number of hydrogen-bond donors (Lipinski definition) is 3. The number of rotatable bonds is 77. The average Bonchev–Trinajstić information content (AvgIpc) is 0.896. The van der Waals surface area contributed by atoms with Crippen LogP contribution >= 0.6 is 15.6 Å². The molecule has 0 amide bonds.